The van der Waals surface area contributed by atoms with Gasteiger partial charge in [0.25, 0.3) is 0 Å². The van der Waals surface area contributed by atoms with Crippen LogP contribution >= 0.6 is 7.82 Å². The lowest BCUT2D eigenvalue weighted by atomic mass is 10.3. The van der Waals surface area contributed by atoms with Gasteiger partial charge in [0.2, 0.25) is 0 Å². The molecule has 0 aliphatic carbocycles. The van der Waals surface area contributed by atoms with Crippen molar-refractivity contribution in [2.45, 2.75) is 12.8 Å². The smallest absolute Gasteiger partial charge is 0.469 e. The summed E-state index contributed by atoms with van der Waals surface area (Å²) in [4.78, 5) is 26.9. The van der Waals surface area contributed by atoms with E-state index < -0.39 is 13.8 Å². The average Bonchev–Trinajstić information content (AvgIpc) is 1.96. The van der Waals surface area contributed by atoms with E-state index in [9.17, 15) is 9.36 Å². The van der Waals surface area contributed by atoms with E-state index in [0.717, 1.165) is 0 Å². The van der Waals surface area contributed by atoms with Crippen LogP contribution in [0, 0.1) is 0 Å². The van der Waals surface area contributed by atoms with E-state index in [1.807, 2.05) is 0 Å². The Balaban J connectivity index is 3.34. The van der Waals surface area contributed by atoms with Crippen molar-refractivity contribution < 1.29 is 28.4 Å². The maximum Gasteiger partial charge on any atom is 0.469 e. The fraction of sp³-hybridized carbons (Fsp3) is 0.800. The molecule has 0 fully saturated rings. The summed E-state index contributed by atoms with van der Waals surface area (Å²) in [5.74, 6) is -0.427. The molecule has 0 aliphatic heterocycles. The maximum absolute atomic E-state index is 10.5. The highest BCUT2D eigenvalue weighted by atomic mass is 31.2. The second-order valence-electron chi connectivity index (χ2n) is 2.00. The van der Waals surface area contributed by atoms with Crippen LogP contribution in [0.5, 0.6) is 0 Å². The molecule has 0 spiro atoms. The van der Waals surface area contributed by atoms with E-state index in [4.69, 9.17) is 9.79 Å². The number of hydrogen-bond acceptors (Lipinski definition) is 4. The first kappa shape index (κ1) is 11.6. The topological polar surface area (TPSA) is 93.1 Å². The molecule has 0 unspecified atom stereocenters. The van der Waals surface area contributed by atoms with Crippen molar-refractivity contribution in [1.29, 1.82) is 0 Å². The van der Waals surface area contributed by atoms with Gasteiger partial charge in [-0.15, -0.1) is 0 Å². The molecule has 72 valence electrons. The maximum atomic E-state index is 10.5. The summed E-state index contributed by atoms with van der Waals surface area (Å²) in [6, 6.07) is 0. The molecular weight excluding hydrogens is 187 g/mol. The fourth-order valence-electron chi connectivity index (χ4n) is 0.502. The van der Waals surface area contributed by atoms with Crippen LogP contribution in [-0.2, 0) is 18.6 Å². The van der Waals surface area contributed by atoms with Crippen LogP contribution in [0.25, 0.3) is 0 Å². The molecule has 7 heteroatoms. The summed E-state index contributed by atoms with van der Waals surface area (Å²) in [5.41, 5.74) is 0. The van der Waals surface area contributed by atoms with Gasteiger partial charge in [-0.2, -0.15) is 0 Å². The van der Waals surface area contributed by atoms with Crippen molar-refractivity contribution in [1.82, 2.24) is 0 Å². The number of methoxy groups -OCH3 is 1. The minimum Gasteiger partial charge on any atom is -0.469 e. The zero-order chi connectivity index (χ0) is 9.61. The van der Waals surface area contributed by atoms with Gasteiger partial charge in [0.15, 0.2) is 0 Å². The van der Waals surface area contributed by atoms with E-state index >= 15 is 0 Å². The Labute approximate surface area is 69.7 Å². The second kappa shape index (κ2) is 5.27. The van der Waals surface area contributed by atoms with Crippen LogP contribution in [0.4, 0.5) is 0 Å². The van der Waals surface area contributed by atoms with Gasteiger partial charge < -0.3 is 14.5 Å². The average molecular weight is 198 g/mol. The molecule has 0 aromatic heterocycles. The quantitative estimate of drug-likeness (QED) is 0.368. The van der Waals surface area contributed by atoms with Crippen LogP contribution in [0.1, 0.15) is 12.8 Å². The SMILES string of the molecule is COC(=O)CCCOP(=O)(O)O. The van der Waals surface area contributed by atoms with Crippen molar-refractivity contribution >= 4 is 13.8 Å². The molecule has 0 amide bonds. The molecule has 0 heterocycles. The van der Waals surface area contributed by atoms with Gasteiger partial charge in [-0.25, -0.2) is 4.57 Å². The van der Waals surface area contributed by atoms with Gasteiger partial charge in [-0.1, -0.05) is 0 Å². The first-order valence-corrected chi connectivity index (χ1v) is 4.75. The van der Waals surface area contributed by atoms with E-state index in [0.29, 0.717) is 0 Å². The third-order valence-corrected chi connectivity index (χ3v) is 1.53. The Bertz CT molecular complexity index is 184. The number of ether oxygens (including phenoxy) is 1. The Morgan fingerprint density at radius 1 is 1.50 bits per heavy atom. The number of carbonyl (C=O) groups excluding carboxylic acids is 1. The highest BCUT2D eigenvalue weighted by molar-refractivity contribution is 7.46. The molecule has 6 nitrogen and oxygen atoms in total. The molecule has 0 bridgehead atoms. The largest absolute Gasteiger partial charge is 0.469 e. The van der Waals surface area contributed by atoms with Crippen molar-refractivity contribution in [3.05, 3.63) is 0 Å². The zero-order valence-electron chi connectivity index (χ0n) is 6.60. The van der Waals surface area contributed by atoms with E-state index in [1.54, 1.807) is 0 Å². The number of phosphoric acid groups is 1. The Kier molecular flexibility index (Phi) is 5.08. The number of esters is 1. The summed E-state index contributed by atoms with van der Waals surface area (Å²) in [6.07, 6.45) is 0.328. The highest BCUT2D eigenvalue weighted by Gasteiger charge is 2.13. The van der Waals surface area contributed by atoms with E-state index in [-0.39, 0.29) is 19.4 Å². The lowest BCUT2D eigenvalue weighted by Gasteiger charge is -2.03. The van der Waals surface area contributed by atoms with Crippen LogP contribution in [0.3, 0.4) is 0 Å². The van der Waals surface area contributed by atoms with Crippen molar-refractivity contribution in [2.24, 2.45) is 0 Å². The van der Waals surface area contributed by atoms with Crippen molar-refractivity contribution in [3.8, 4) is 0 Å². The fourth-order valence-corrected chi connectivity index (χ4v) is 0.869. The van der Waals surface area contributed by atoms with Crippen molar-refractivity contribution in [3.63, 3.8) is 0 Å². The van der Waals surface area contributed by atoms with Crippen LogP contribution in [0.15, 0.2) is 0 Å². The Morgan fingerprint density at radius 2 is 2.08 bits per heavy atom. The molecule has 0 aliphatic rings. The van der Waals surface area contributed by atoms with Crippen LogP contribution in [-0.4, -0.2) is 29.5 Å². The van der Waals surface area contributed by atoms with Gasteiger partial charge >= 0.3 is 13.8 Å². The van der Waals surface area contributed by atoms with E-state index in [2.05, 4.69) is 9.26 Å². The predicted octanol–water partition coefficient (Wildman–Crippen LogP) is 0.0489. The summed E-state index contributed by atoms with van der Waals surface area (Å²) >= 11 is 0. The molecular formula is C5H11O6P. The van der Waals surface area contributed by atoms with Crippen LogP contribution < -0.4 is 0 Å². The molecule has 0 radical (unpaired) electrons. The summed E-state index contributed by atoms with van der Waals surface area (Å²) in [5, 5.41) is 0. The summed E-state index contributed by atoms with van der Waals surface area (Å²) in [7, 11) is -3.14. The normalized spacial score (nSPS) is 11.2. The molecule has 0 saturated heterocycles. The predicted molar refractivity (Wildman–Crippen MR) is 39.2 cm³/mol. The lowest BCUT2D eigenvalue weighted by Crippen LogP contribution is -2.02. The summed E-state index contributed by atoms with van der Waals surface area (Å²) < 4.78 is 18.5. The van der Waals surface area contributed by atoms with Crippen molar-refractivity contribution in [2.75, 3.05) is 13.7 Å². The number of rotatable bonds is 5. The van der Waals surface area contributed by atoms with Crippen LogP contribution in [0.2, 0.25) is 0 Å². The van der Waals surface area contributed by atoms with Gasteiger partial charge in [0.1, 0.15) is 0 Å². The number of carbonyl (C=O) groups is 1. The minimum absolute atomic E-state index is 0.0938. The third kappa shape index (κ3) is 7.68. The Morgan fingerprint density at radius 3 is 2.50 bits per heavy atom. The van der Waals surface area contributed by atoms with Gasteiger partial charge in [-0.05, 0) is 6.42 Å². The summed E-state index contributed by atoms with van der Waals surface area (Å²) in [6.45, 7) is -0.153. The standard InChI is InChI=1S/C5H11O6P/c1-10-5(6)3-2-4-11-12(7,8)9/h2-4H2,1H3,(H2,7,8,9). The molecule has 0 atom stereocenters. The zero-order valence-corrected chi connectivity index (χ0v) is 7.49. The number of hydrogen-bond donors (Lipinski definition) is 2. The third-order valence-electron chi connectivity index (χ3n) is 1.01. The molecule has 12 heavy (non-hydrogen) atoms. The Hall–Kier alpha value is -0.420. The first-order valence-electron chi connectivity index (χ1n) is 3.22. The van der Waals surface area contributed by atoms with Gasteiger partial charge in [-0.3, -0.25) is 9.32 Å². The first-order chi connectivity index (χ1) is 5.45. The second-order valence-corrected chi connectivity index (χ2v) is 3.24. The van der Waals surface area contributed by atoms with Gasteiger partial charge in [0, 0.05) is 6.42 Å². The molecule has 0 aromatic carbocycles. The highest BCUT2D eigenvalue weighted by Crippen LogP contribution is 2.35. The lowest BCUT2D eigenvalue weighted by molar-refractivity contribution is -0.140. The molecule has 2 N–H and O–H groups in total. The molecule has 0 rings (SSSR count). The van der Waals surface area contributed by atoms with E-state index in [1.165, 1.54) is 7.11 Å². The van der Waals surface area contributed by atoms with Gasteiger partial charge in [0.05, 0.1) is 13.7 Å². The monoisotopic (exact) mass is 198 g/mol. The molecule has 0 saturated carbocycles. The minimum atomic E-state index is -4.39. The molecule has 0 aromatic rings. The number of phosphoric ester groups is 1.